The van der Waals surface area contributed by atoms with E-state index in [1.165, 1.54) is 6.07 Å². The van der Waals surface area contributed by atoms with Crippen LogP contribution in [0.15, 0.2) is 30.4 Å². The zero-order valence-electron chi connectivity index (χ0n) is 13.7. The van der Waals surface area contributed by atoms with Crippen LogP contribution in [0.3, 0.4) is 0 Å². The van der Waals surface area contributed by atoms with E-state index in [-0.39, 0.29) is 17.5 Å². The van der Waals surface area contributed by atoms with Gasteiger partial charge in [-0.05, 0) is 54.7 Å². The number of halogens is 1. The predicted molar refractivity (Wildman–Crippen MR) is 88.8 cm³/mol. The summed E-state index contributed by atoms with van der Waals surface area (Å²) in [4.78, 5) is 0. The van der Waals surface area contributed by atoms with Crippen LogP contribution < -0.4 is 4.43 Å². The fourth-order valence-corrected chi connectivity index (χ4v) is 2.76. The predicted octanol–water partition coefficient (Wildman–Crippen LogP) is 4.69. The molecule has 0 aliphatic carbocycles. The molecule has 0 spiro atoms. The monoisotopic (exact) mass is 310 g/mol. The first-order valence-corrected chi connectivity index (χ1v) is 10.3. The van der Waals surface area contributed by atoms with Gasteiger partial charge in [-0.25, -0.2) is 4.39 Å². The minimum atomic E-state index is -1.93. The Labute approximate surface area is 128 Å². The summed E-state index contributed by atoms with van der Waals surface area (Å²) in [6, 6.07) is 4.74. The molecule has 21 heavy (non-hydrogen) atoms. The molecule has 1 rings (SSSR count). The van der Waals surface area contributed by atoms with E-state index in [9.17, 15) is 4.39 Å². The Balaban J connectivity index is 2.94. The van der Waals surface area contributed by atoms with Gasteiger partial charge in [0.25, 0.3) is 0 Å². The SMILES string of the molecule is CC(C)(C)[Si](C)(C)Oc1ccc(F)cc1CC/C=C/CO. The lowest BCUT2D eigenvalue weighted by atomic mass is 10.1. The van der Waals surface area contributed by atoms with Gasteiger partial charge < -0.3 is 9.53 Å². The first-order chi connectivity index (χ1) is 9.67. The molecule has 0 atom stereocenters. The largest absolute Gasteiger partial charge is 0.543 e. The van der Waals surface area contributed by atoms with Gasteiger partial charge in [0.2, 0.25) is 8.32 Å². The van der Waals surface area contributed by atoms with Crippen LogP contribution >= 0.6 is 0 Å². The summed E-state index contributed by atoms with van der Waals surface area (Å²) >= 11 is 0. The third-order valence-corrected chi connectivity index (χ3v) is 8.39. The summed E-state index contributed by atoms with van der Waals surface area (Å²) < 4.78 is 19.8. The molecular formula is C17H27FO2Si. The number of hydrogen-bond donors (Lipinski definition) is 1. The van der Waals surface area contributed by atoms with Crippen LogP contribution in [0, 0.1) is 5.82 Å². The molecule has 0 saturated heterocycles. The van der Waals surface area contributed by atoms with Gasteiger partial charge in [0.15, 0.2) is 0 Å². The maximum Gasteiger partial charge on any atom is 0.250 e. The average molecular weight is 310 g/mol. The van der Waals surface area contributed by atoms with Crippen LogP contribution in [-0.2, 0) is 6.42 Å². The Bertz CT molecular complexity index is 490. The fourth-order valence-electron chi connectivity index (χ4n) is 1.70. The Hall–Kier alpha value is -1.13. The molecule has 0 amide bonds. The molecule has 0 saturated carbocycles. The molecule has 0 bridgehead atoms. The van der Waals surface area contributed by atoms with Crippen molar-refractivity contribution in [3.8, 4) is 5.75 Å². The summed E-state index contributed by atoms with van der Waals surface area (Å²) in [6.45, 7) is 11.0. The highest BCUT2D eigenvalue weighted by atomic mass is 28.4. The molecule has 0 aliphatic heterocycles. The standard InChI is InChI=1S/C17H27FO2Si/c1-17(2,3)21(4,5)20-16-11-10-15(18)13-14(16)9-7-6-8-12-19/h6,8,10-11,13,19H,7,9,12H2,1-5H3/b8-6+. The lowest BCUT2D eigenvalue weighted by Gasteiger charge is -2.37. The van der Waals surface area contributed by atoms with E-state index in [2.05, 4.69) is 33.9 Å². The van der Waals surface area contributed by atoms with Crippen LogP contribution in [0.5, 0.6) is 5.75 Å². The molecule has 0 fully saturated rings. The van der Waals surface area contributed by atoms with Gasteiger partial charge in [0.1, 0.15) is 11.6 Å². The Morgan fingerprint density at radius 3 is 2.48 bits per heavy atom. The van der Waals surface area contributed by atoms with Gasteiger partial charge in [0.05, 0.1) is 6.61 Å². The number of benzene rings is 1. The van der Waals surface area contributed by atoms with Crippen molar-refractivity contribution in [2.45, 2.75) is 51.7 Å². The van der Waals surface area contributed by atoms with Crippen LogP contribution in [0.2, 0.25) is 18.1 Å². The van der Waals surface area contributed by atoms with Crippen molar-refractivity contribution in [3.63, 3.8) is 0 Å². The Morgan fingerprint density at radius 1 is 1.24 bits per heavy atom. The van der Waals surface area contributed by atoms with E-state index in [1.54, 1.807) is 18.2 Å². The summed E-state index contributed by atoms with van der Waals surface area (Å²) in [6.07, 6.45) is 5.07. The molecule has 1 N–H and O–H groups in total. The number of rotatable bonds is 6. The van der Waals surface area contributed by atoms with Crippen LogP contribution in [0.1, 0.15) is 32.8 Å². The highest BCUT2D eigenvalue weighted by molar-refractivity contribution is 6.74. The fraction of sp³-hybridized carbons (Fsp3) is 0.529. The quantitative estimate of drug-likeness (QED) is 0.610. The van der Waals surface area contributed by atoms with E-state index in [1.807, 2.05) is 6.08 Å². The van der Waals surface area contributed by atoms with Crippen molar-refractivity contribution in [2.24, 2.45) is 0 Å². The van der Waals surface area contributed by atoms with Crippen LogP contribution in [0.25, 0.3) is 0 Å². The topological polar surface area (TPSA) is 29.5 Å². The molecular weight excluding hydrogens is 283 g/mol. The molecule has 0 heterocycles. The van der Waals surface area contributed by atoms with Gasteiger partial charge in [0, 0.05) is 0 Å². The number of aliphatic hydroxyl groups is 1. The molecule has 1 aromatic carbocycles. The molecule has 2 nitrogen and oxygen atoms in total. The highest BCUT2D eigenvalue weighted by Gasteiger charge is 2.39. The molecule has 0 radical (unpaired) electrons. The molecule has 4 heteroatoms. The first kappa shape index (κ1) is 17.9. The second-order valence-corrected chi connectivity index (χ2v) is 11.5. The number of aryl methyl sites for hydroxylation is 1. The van der Waals surface area contributed by atoms with Gasteiger partial charge >= 0.3 is 0 Å². The van der Waals surface area contributed by atoms with E-state index >= 15 is 0 Å². The van der Waals surface area contributed by atoms with E-state index < -0.39 is 8.32 Å². The molecule has 1 aromatic rings. The smallest absolute Gasteiger partial charge is 0.250 e. The molecule has 0 unspecified atom stereocenters. The normalized spacial score (nSPS) is 12.9. The Kier molecular flexibility index (Phi) is 6.17. The van der Waals surface area contributed by atoms with Crippen LogP contribution in [-0.4, -0.2) is 20.0 Å². The van der Waals surface area contributed by atoms with Gasteiger partial charge in [-0.2, -0.15) is 0 Å². The maximum absolute atomic E-state index is 13.5. The summed E-state index contributed by atoms with van der Waals surface area (Å²) in [7, 11) is -1.93. The lowest BCUT2D eigenvalue weighted by molar-refractivity contribution is 0.342. The van der Waals surface area contributed by atoms with E-state index in [0.717, 1.165) is 17.7 Å². The van der Waals surface area contributed by atoms with Crippen molar-refractivity contribution in [1.29, 1.82) is 0 Å². The van der Waals surface area contributed by atoms with Gasteiger partial charge in [-0.3, -0.25) is 0 Å². The van der Waals surface area contributed by atoms with Gasteiger partial charge in [-0.1, -0.05) is 32.9 Å². The third-order valence-electron chi connectivity index (χ3n) is 4.05. The maximum atomic E-state index is 13.5. The van der Waals surface area contributed by atoms with E-state index in [4.69, 9.17) is 9.53 Å². The molecule has 0 aliphatic rings. The number of allylic oxidation sites excluding steroid dienone is 1. The number of hydrogen-bond acceptors (Lipinski definition) is 2. The van der Waals surface area contributed by atoms with Crippen molar-refractivity contribution < 1.29 is 13.9 Å². The van der Waals surface area contributed by atoms with E-state index in [0.29, 0.717) is 6.42 Å². The molecule has 118 valence electrons. The molecule has 0 aromatic heterocycles. The van der Waals surface area contributed by atoms with Crippen LogP contribution in [0.4, 0.5) is 4.39 Å². The summed E-state index contributed by atoms with van der Waals surface area (Å²) in [5.74, 6) is 0.555. The number of aliphatic hydroxyl groups excluding tert-OH is 1. The zero-order valence-corrected chi connectivity index (χ0v) is 14.7. The lowest BCUT2D eigenvalue weighted by Crippen LogP contribution is -2.44. The average Bonchev–Trinajstić information content (AvgIpc) is 2.36. The second kappa shape index (κ2) is 7.23. The van der Waals surface area contributed by atoms with Crippen molar-refractivity contribution in [1.82, 2.24) is 0 Å². The van der Waals surface area contributed by atoms with Crippen molar-refractivity contribution in [3.05, 3.63) is 41.7 Å². The third kappa shape index (κ3) is 5.29. The summed E-state index contributed by atoms with van der Waals surface area (Å²) in [5, 5.41) is 8.85. The zero-order chi connectivity index (χ0) is 16.1. The van der Waals surface area contributed by atoms with Gasteiger partial charge in [-0.15, -0.1) is 0 Å². The summed E-state index contributed by atoms with van der Waals surface area (Å²) in [5.41, 5.74) is 0.891. The highest BCUT2D eigenvalue weighted by Crippen LogP contribution is 2.38. The minimum absolute atomic E-state index is 0.0382. The Morgan fingerprint density at radius 2 is 1.90 bits per heavy atom. The first-order valence-electron chi connectivity index (χ1n) is 7.40. The van der Waals surface area contributed by atoms with Crippen molar-refractivity contribution >= 4 is 8.32 Å². The van der Waals surface area contributed by atoms with Crippen molar-refractivity contribution in [2.75, 3.05) is 6.61 Å². The second-order valence-electron chi connectivity index (χ2n) is 6.81. The minimum Gasteiger partial charge on any atom is -0.543 e.